The van der Waals surface area contributed by atoms with Crippen molar-refractivity contribution >= 4 is 0 Å². The van der Waals surface area contributed by atoms with Gasteiger partial charge in [-0.25, -0.2) is 0 Å². The molecule has 2 heterocycles. The van der Waals surface area contributed by atoms with Crippen LogP contribution in [0.15, 0.2) is 11.6 Å². The van der Waals surface area contributed by atoms with Crippen molar-refractivity contribution in [1.82, 2.24) is 5.32 Å². The second-order valence-electron chi connectivity index (χ2n) is 4.82. The summed E-state index contributed by atoms with van der Waals surface area (Å²) in [6.07, 6.45) is 5.78. The lowest BCUT2D eigenvalue weighted by atomic mass is 9.93. The molecule has 92 valence electrons. The van der Waals surface area contributed by atoms with Gasteiger partial charge in [-0.15, -0.1) is 0 Å². The Morgan fingerprint density at radius 3 is 2.81 bits per heavy atom. The predicted octanol–water partition coefficient (Wildman–Crippen LogP) is 1.74. The molecule has 1 unspecified atom stereocenters. The summed E-state index contributed by atoms with van der Waals surface area (Å²) in [5, 5.41) is 3.62. The molecule has 1 saturated heterocycles. The maximum atomic E-state index is 5.43. The van der Waals surface area contributed by atoms with E-state index in [1.165, 1.54) is 18.4 Å². The van der Waals surface area contributed by atoms with Gasteiger partial charge in [-0.1, -0.05) is 6.08 Å². The molecule has 0 aromatic heterocycles. The standard InChI is InChI=1S/C13H23NO2/c1-11(13-4-7-15-8-5-13)14-9-12-3-2-6-16-10-12/h3,11,13-14H,2,4-10H2,1H3. The van der Waals surface area contributed by atoms with Gasteiger partial charge in [-0.3, -0.25) is 0 Å². The average molecular weight is 225 g/mol. The highest BCUT2D eigenvalue weighted by Crippen LogP contribution is 2.18. The van der Waals surface area contributed by atoms with Gasteiger partial charge in [0.2, 0.25) is 0 Å². The Kier molecular flexibility index (Phi) is 4.82. The molecule has 16 heavy (non-hydrogen) atoms. The first-order valence-electron chi connectivity index (χ1n) is 6.43. The van der Waals surface area contributed by atoms with Crippen LogP contribution in [0.4, 0.5) is 0 Å². The summed E-state index contributed by atoms with van der Waals surface area (Å²) in [6.45, 7) is 6.84. The molecule has 3 heteroatoms. The van der Waals surface area contributed by atoms with Crippen LogP contribution in [0, 0.1) is 5.92 Å². The van der Waals surface area contributed by atoms with Gasteiger partial charge in [-0.2, -0.15) is 0 Å². The normalized spacial score (nSPS) is 25.2. The minimum absolute atomic E-state index is 0.590. The third kappa shape index (κ3) is 3.58. The van der Waals surface area contributed by atoms with Gasteiger partial charge in [-0.05, 0) is 37.7 Å². The number of hydrogen-bond acceptors (Lipinski definition) is 3. The van der Waals surface area contributed by atoms with Crippen molar-refractivity contribution in [3.05, 3.63) is 11.6 Å². The SMILES string of the molecule is CC(NCC1=CCCOC1)C1CCOCC1. The second kappa shape index (κ2) is 6.38. The van der Waals surface area contributed by atoms with Crippen molar-refractivity contribution in [2.75, 3.05) is 33.0 Å². The largest absolute Gasteiger partial charge is 0.381 e. The first-order valence-corrected chi connectivity index (χ1v) is 6.43. The molecule has 0 aromatic carbocycles. The predicted molar refractivity (Wildman–Crippen MR) is 64.5 cm³/mol. The van der Waals surface area contributed by atoms with E-state index < -0.39 is 0 Å². The summed E-state index contributed by atoms with van der Waals surface area (Å²) in [6, 6.07) is 0.590. The zero-order valence-corrected chi connectivity index (χ0v) is 10.2. The van der Waals surface area contributed by atoms with Crippen molar-refractivity contribution in [3.8, 4) is 0 Å². The third-order valence-electron chi connectivity index (χ3n) is 3.61. The van der Waals surface area contributed by atoms with Crippen molar-refractivity contribution in [2.24, 2.45) is 5.92 Å². The molecule has 0 radical (unpaired) electrons. The van der Waals surface area contributed by atoms with Crippen LogP contribution in [-0.4, -0.2) is 39.0 Å². The van der Waals surface area contributed by atoms with Crippen LogP contribution in [0.1, 0.15) is 26.2 Å². The Morgan fingerprint density at radius 1 is 1.31 bits per heavy atom. The molecule has 0 amide bonds. The number of ether oxygens (including phenoxy) is 2. The van der Waals surface area contributed by atoms with E-state index in [4.69, 9.17) is 9.47 Å². The topological polar surface area (TPSA) is 30.5 Å². The average Bonchev–Trinajstić information content (AvgIpc) is 2.38. The fraction of sp³-hybridized carbons (Fsp3) is 0.846. The smallest absolute Gasteiger partial charge is 0.0689 e. The molecule has 1 atom stereocenters. The monoisotopic (exact) mass is 225 g/mol. The molecule has 0 spiro atoms. The van der Waals surface area contributed by atoms with Gasteiger partial charge >= 0.3 is 0 Å². The van der Waals surface area contributed by atoms with Crippen LogP contribution >= 0.6 is 0 Å². The van der Waals surface area contributed by atoms with Crippen LogP contribution in [0.3, 0.4) is 0 Å². The molecular formula is C13H23NO2. The molecule has 2 aliphatic rings. The summed E-state index contributed by atoms with van der Waals surface area (Å²) in [7, 11) is 0. The van der Waals surface area contributed by atoms with Crippen LogP contribution in [0.2, 0.25) is 0 Å². The Hall–Kier alpha value is -0.380. The molecule has 2 rings (SSSR count). The van der Waals surface area contributed by atoms with E-state index in [-0.39, 0.29) is 0 Å². The van der Waals surface area contributed by atoms with Crippen molar-refractivity contribution in [3.63, 3.8) is 0 Å². The summed E-state index contributed by atoms with van der Waals surface area (Å²) in [4.78, 5) is 0. The van der Waals surface area contributed by atoms with Gasteiger partial charge in [0.1, 0.15) is 0 Å². The van der Waals surface area contributed by atoms with Crippen molar-refractivity contribution in [2.45, 2.75) is 32.2 Å². The Balaban J connectivity index is 1.69. The summed E-state index contributed by atoms with van der Waals surface area (Å²) < 4.78 is 10.8. The van der Waals surface area contributed by atoms with Crippen LogP contribution in [0.25, 0.3) is 0 Å². The summed E-state index contributed by atoms with van der Waals surface area (Å²) >= 11 is 0. The van der Waals surface area contributed by atoms with Crippen molar-refractivity contribution in [1.29, 1.82) is 0 Å². The number of nitrogens with one attached hydrogen (secondary N) is 1. The third-order valence-corrected chi connectivity index (χ3v) is 3.61. The molecule has 2 aliphatic heterocycles. The maximum absolute atomic E-state index is 5.43. The molecule has 0 aliphatic carbocycles. The fourth-order valence-electron chi connectivity index (χ4n) is 2.41. The highest BCUT2D eigenvalue weighted by atomic mass is 16.5. The van der Waals surface area contributed by atoms with Crippen molar-refractivity contribution < 1.29 is 9.47 Å². The van der Waals surface area contributed by atoms with E-state index in [0.29, 0.717) is 6.04 Å². The lowest BCUT2D eigenvalue weighted by Crippen LogP contribution is -2.38. The maximum Gasteiger partial charge on any atom is 0.0689 e. The van der Waals surface area contributed by atoms with E-state index in [2.05, 4.69) is 18.3 Å². The lowest BCUT2D eigenvalue weighted by molar-refractivity contribution is 0.0561. The lowest BCUT2D eigenvalue weighted by Gasteiger charge is -2.29. The number of hydrogen-bond donors (Lipinski definition) is 1. The van der Waals surface area contributed by atoms with Gasteiger partial charge in [0.05, 0.1) is 13.2 Å². The van der Waals surface area contributed by atoms with Gasteiger partial charge < -0.3 is 14.8 Å². The second-order valence-corrected chi connectivity index (χ2v) is 4.82. The molecular weight excluding hydrogens is 202 g/mol. The molecule has 0 aromatic rings. The van der Waals surface area contributed by atoms with Crippen LogP contribution in [-0.2, 0) is 9.47 Å². The zero-order valence-electron chi connectivity index (χ0n) is 10.2. The number of rotatable bonds is 4. The Labute approximate surface area is 98.2 Å². The Bertz CT molecular complexity index is 234. The molecule has 1 fully saturated rings. The zero-order chi connectivity index (χ0) is 11.2. The molecule has 0 saturated carbocycles. The summed E-state index contributed by atoms with van der Waals surface area (Å²) in [5.74, 6) is 0.777. The van der Waals surface area contributed by atoms with E-state index in [1.807, 2.05) is 0 Å². The van der Waals surface area contributed by atoms with Crippen LogP contribution in [0.5, 0.6) is 0 Å². The summed E-state index contributed by atoms with van der Waals surface area (Å²) in [5.41, 5.74) is 1.41. The quantitative estimate of drug-likeness (QED) is 0.739. The van der Waals surface area contributed by atoms with E-state index in [1.54, 1.807) is 0 Å². The fourth-order valence-corrected chi connectivity index (χ4v) is 2.41. The first-order chi connectivity index (χ1) is 7.86. The van der Waals surface area contributed by atoms with Crippen LogP contribution < -0.4 is 5.32 Å². The van der Waals surface area contributed by atoms with E-state index in [9.17, 15) is 0 Å². The first kappa shape index (κ1) is 12.1. The highest BCUT2D eigenvalue weighted by Gasteiger charge is 2.20. The van der Waals surface area contributed by atoms with Gasteiger partial charge in [0, 0.05) is 25.8 Å². The molecule has 1 N–H and O–H groups in total. The Morgan fingerprint density at radius 2 is 2.12 bits per heavy atom. The molecule has 0 bridgehead atoms. The van der Waals surface area contributed by atoms with E-state index in [0.717, 1.165) is 45.3 Å². The molecule has 3 nitrogen and oxygen atoms in total. The van der Waals surface area contributed by atoms with Gasteiger partial charge in [0.25, 0.3) is 0 Å². The van der Waals surface area contributed by atoms with Gasteiger partial charge in [0.15, 0.2) is 0 Å². The highest BCUT2D eigenvalue weighted by molar-refractivity contribution is 5.07. The minimum Gasteiger partial charge on any atom is -0.381 e. The minimum atomic E-state index is 0.590. The van der Waals surface area contributed by atoms with E-state index >= 15 is 0 Å².